The van der Waals surface area contributed by atoms with Gasteiger partial charge in [0.2, 0.25) is 10.0 Å². The van der Waals surface area contributed by atoms with Crippen molar-refractivity contribution in [1.29, 1.82) is 0 Å². The van der Waals surface area contributed by atoms with Crippen LogP contribution in [0.4, 0.5) is 5.69 Å². The summed E-state index contributed by atoms with van der Waals surface area (Å²) in [5.41, 5.74) is 1.07. The van der Waals surface area contributed by atoms with Crippen molar-refractivity contribution < 1.29 is 23.1 Å². The van der Waals surface area contributed by atoms with E-state index in [9.17, 15) is 18.3 Å². The average molecular weight is 392 g/mol. The van der Waals surface area contributed by atoms with Crippen LogP contribution in [0.25, 0.3) is 0 Å². The highest BCUT2D eigenvalue weighted by Crippen LogP contribution is 2.25. The van der Waals surface area contributed by atoms with E-state index in [4.69, 9.17) is 4.74 Å². The van der Waals surface area contributed by atoms with Crippen LogP contribution in [-0.2, 0) is 14.8 Å². The zero-order chi connectivity index (χ0) is 19.9. The van der Waals surface area contributed by atoms with Crippen molar-refractivity contribution >= 4 is 21.7 Å². The second-order valence-electron chi connectivity index (χ2n) is 6.04. The summed E-state index contributed by atoms with van der Waals surface area (Å²) in [5.74, 6) is -1.19. The molecule has 0 fully saturated rings. The molecule has 146 valence electrons. The summed E-state index contributed by atoms with van der Waals surface area (Å²) in [6.45, 7) is 2.77. The maximum Gasteiger partial charge on any atom is 0.335 e. The Morgan fingerprint density at radius 3 is 2.52 bits per heavy atom. The quantitative estimate of drug-likeness (QED) is 0.537. The van der Waals surface area contributed by atoms with Gasteiger partial charge in [-0.15, -0.1) is 0 Å². The molecule has 0 heterocycles. The molecule has 0 spiro atoms. The zero-order valence-electron chi connectivity index (χ0n) is 15.3. The second kappa shape index (κ2) is 9.50. The number of hydrogen-bond acceptors (Lipinski definition) is 5. The number of nitrogens with one attached hydrogen (secondary N) is 2. The molecule has 0 aliphatic carbocycles. The van der Waals surface area contributed by atoms with Crippen molar-refractivity contribution in [3.05, 3.63) is 59.7 Å². The zero-order valence-corrected chi connectivity index (χ0v) is 16.1. The fraction of sp³-hybridized carbons (Fsp3) is 0.316. The minimum atomic E-state index is -3.94. The molecule has 27 heavy (non-hydrogen) atoms. The van der Waals surface area contributed by atoms with Gasteiger partial charge in [0, 0.05) is 26.3 Å². The first kappa shape index (κ1) is 20.9. The number of ether oxygens (including phenoxy) is 1. The van der Waals surface area contributed by atoms with E-state index in [1.807, 2.05) is 30.3 Å². The maximum absolute atomic E-state index is 12.9. The van der Waals surface area contributed by atoms with Crippen LogP contribution < -0.4 is 10.0 Å². The van der Waals surface area contributed by atoms with Gasteiger partial charge in [-0.05, 0) is 37.1 Å². The molecule has 1 atom stereocenters. The molecule has 0 aliphatic heterocycles. The molecular formula is C19H24N2O5S. The molecule has 2 rings (SSSR count). The Morgan fingerprint density at radius 1 is 1.19 bits per heavy atom. The lowest BCUT2D eigenvalue weighted by molar-refractivity contribution is 0.0696. The summed E-state index contributed by atoms with van der Waals surface area (Å²) in [4.78, 5) is 11.2. The topological polar surface area (TPSA) is 105 Å². The Labute approximate surface area is 159 Å². The van der Waals surface area contributed by atoms with Crippen LogP contribution in [0.3, 0.4) is 0 Å². The summed E-state index contributed by atoms with van der Waals surface area (Å²) < 4.78 is 33.5. The van der Waals surface area contributed by atoms with E-state index in [2.05, 4.69) is 10.0 Å². The van der Waals surface area contributed by atoms with E-state index in [-0.39, 0.29) is 10.5 Å². The lowest BCUT2D eigenvalue weighted by atomic mass is 10.1. The van der Waals surface area contributed by atoms with Crippen LogP contribution >= 0.6 is 0 Å². The molecule has 0 aliphatic rings. The van der Waals surface area contributed by atoms with Gasteiger partial charge < -0.3 is 15.2 Å². The maximum atomic E-state index is 12.9. The Morgan fingerprint density at radius 2 is 1.89 bits per heavy atom. The molecule has 0 unspecified atom stereocenters. The minimum Gasteiger partial charge on any atom is -0.478 e. The Kier molecular flexibility index (Phi) is 7.35. The van der Waals surface area contributed by atoms with Gasteiger partial charge in [-0.2, -0.15) is 0 Å². The number of carbonyl (C=O) groups is 1. The van der Waals surface area contributed by atoms with Gasteiger partial charge in [-0.25, -0.2) is 17.9 Å². The third kappa shape index (κ3) is 5.78. The standard InChI is InChI=1S/C19H24N2O5S/c1-14(15-7-4-3-5-8-15)21-27(24,25)18-13-16(19(22)23)9-10-17(18)20-11-6-12-26-2/h3-5,7-10,13-14,20-21H,6,11-12H2,1-2H3,(H,22,23)/t14-/m1/s1. The molecule has 3 N–H and O–H groups in total. The summed E-state index contributed by atoms with van der Waals surface area (Å²) >= 11 is 0. The molecule has 0 aromatic heterocycles. The third-order valence-corrected chi connectivity index (χ3v) is 5.57. The molecule has 0 saturated heterocycles. The first-order chi connectivity index (χ1) is 12.8. The van der Waals surface area contributed by atoms with Crippen LogP contribution in [-0.4, -0.2) is 39.8 Å². The van der Waals surface area contributed by atoms with Crippen molar-refractivity contribution in [2.45, 2.75) is 24.3 Å². The van der Waals surface area contributed by atoms with E-state index >= 15 is 0 Å². The van der Waals surface area contributed by atoms with Gasteiger partial charge in [0.15, 0.2) is 0 Å². The first-order valence-electron chi connectivity index (χ1n) is 8.52. The number of benzene rings is 2. The van der Waals surface area contributed by atoms with Gasteiger partial charge >= 0.3 is 5.97 Å². The van der Waals surface area contributed by atoms with E-state index in [0.29, 0.717) is 25.3 Å². The molecule has 2 aromatic rings. The molecule has 0 radical (unpaired) electrons. The number of anilines is 1. The van der Waals surface area contributed by atoms with Gasteiger partial charge in [0.25, 0.3) is 0 Å². The number of aromatic carboxylic acids is 1. The fourth-order valence-corrected chi connectivity index (χ4v) is 4.01. The predicted molar refractivity (Wildman–Crippen MR) is 104 cm³/mol. The lowest BCUT2D eigenvalue weighted by Gasteiger charge is -2.18. The molecule has 2 aromatic carbocycles. The number of rotatable bonds is 10. The molecule has 8 heteroatoms. The van der Waals surface area contributed by atoms with Crippen molar-refractivity contribution in [3.8, 4) is 0 Å². The van der Waals surface area contributed by atoms with Crippen LogP contribution in [0.2, 0.25) is 0 Å². The summed E-state index contributed by atoms with van der Waals surface area (Å²) in [5, 5.41) is 12.3. The van der Waals surface area contributed by atoms with Crippen LogP contribution in [0, 0.1) is 0 Å². The highest BCUT2D eigenvalue weighted by molar-refractivity contribution is 7.89. The van der Waals surface area contributed by atoms with Crippen LogP contribution in [0.15, 0.2) is 53.4 Å². The third-order valence-electron chi connectivity index (χ3n) is 3.99. The number of hydrogen-bond donors (Lipinski definition) is 3. The van der Waals surface area contributed by atoms with Crippen LogP contribution in [0.5, 0.6) is 0 Å². The van der Waals surface area contributed by atoms with Crippen molar-refractivity contribution in [3.63, 3.8) is 0 Å². The molecule has 0 amide bonds. The monoisotopic (exact) mass is 392 g/mol. The van der Waals surface area contributed by atoms with Crippen molar-refractivity contribution in [1.82, 2.24) is 4.72 Å². The molecule has 7 nitrogen and oxygen atoms in total. The first-order valence-corrected chi connectivity index (χ1v) is 10.0. The van der Waals surface area contributed by atoms with E-state index in [1.165, 1.54) is 18.2 Å². The largest absolute Gasteiger partial charge is 0.478 e. The smallest absolute Gasteiger partial charge is 0.335 e. The second-order valence-corrected chi connectivity index (χ2v) is 7.73. The van der Waals surface area contributed by atoms with Crippen molar-refractivity contribution in [2.75, 3.05) is 25.6 Å². The summed E-state index contributed by atoms with van der Waals surface area (Å²) in [7, 11) is -2.35. The van der Waals surface area contributed by atoms with E-state index < -0.39 is 22.0 Å². The summed E-state index contributed by atoms with van der Waals surface area (Å²) in [6.07, 6.45) is 0.685. The number of carboxylic acids is 1. The fourth-order valence-electron chi connectivity index (χ4n) is 2.57. The van der Waals surface area contributed by atoms with Gasteiger partial charge in [0.05, 0.1) is 11.3 Å². The Hall–Kier alpha value is -2.42. The average Bonchev–Trinajstić information content (AvgIpc) is 2.65. The number of methoxy groups -OCH3 is 1. The molecule has 0 saturated carbocycles. The Bertz CT molecular complexity index is 869. The van der Waals surface area contributed by atoms with Crippen molar-refractivity contribution in [2.24, 2.45) is 0 Å². The normalized spacial score (nSPS) is 12.5. The highest BCUT2D eigenvalue weighted by Gasteiger charge is 2.23. The molecule has 0 bridgehead atoms. The molecular weight excluding hydrogens is 368 g/mol. The summed E-state index contributed by atoms with van der Waals surface area (Å²) in [6, 6.07) is 12.7. The van der Waals surface area contributed by atoms with Gasteiger partial charge in [0.1, 0.15) is 4.90 Å². The highest BCUT2D eigenvalue weighted by atomic mass is 32.2. The van der Waals surface area contributed by atoms with E-state index in [1.54, 1.807) is 14.0 Å². The minimum absolute atomic E-state index is 0.0924. The van der Waals surface area contributed by atoms with Gasteiger partial charge in [-0.3, -0.25) is 0 Å². The van der Waals surface area contributed by atoms with Gasteiger partial charge in [-0.1, -0.05) is 30.3 Å². The number of sulfonamides is 1. The predicted octanol–water partition coefficient (Wildman–Crippen LogP) is 2.87. The van der Waals surface area contributed by atoms with E-state index in [0.717, 1.165) is 5.56 Å². The number of carboxylic acid groups (broad SMARTS) is 1. The SMILES string of the molecule is COCCCNc1ccc(C(=O)O)cc1S(=O)(=O)N[C@H](C)c1ccccc1. The Balaban J connectivity index is 2.31. The lowest BCUT2D eigenvalue weighted by Crippen LogP contribution is -2.28. The van der Waals surface area contributed by atoms with Crippen LogP contribution in [0.1, 0.15) is 35.3 Å².